The van der Waals surface area contributed by atoms with Gasteiger partial charge < -0.3 is 13.9 Å². The van der Waals surface area contributed by atoms with Crippen molar-refractivity contribution in [1.82, 2.24) is 4.57 Å². The van der Waals surface area contributed by atoms with Crippen molar-refractivity contribution in [3.8, 4) is 27.9 Å². The van der Waals surface area contributed by atoms with Gasteiger partial charge in [0.15, 0.2) is 0 Å². The molecule has 2 aromatic heterocycles. The third kappa shape index (κ3) is 5.05. The first kappa shape index (κ1) is 31.2. The summed E-state index contributed by atoms with van der Waals surface area (Å²) in [6.07, 6.45) is 0. The number of para-hydroxylation sites is 6. The second-order valence-corrected chi connectivity index (χ2v) is 14.1. The number of hydrogen-bond donors (Lipinski definition) is 0. The van der Waals surface area contributed by atoms with Gasteiger partial charge in [-0.2, -0.15) is 0 Å². The van der Waals surface area contributed by atoms with Crippen molar-refractivity contribution in [2.75, 3.05) is 4.90 Å². The largest absolute Gasteiger partial charge is 0.455 e. The van der Waals surface area contributed by atoms with Crippen LogP contribution in [-0.2, 0) is 0 Å². The molecule has 55 heavy (non-hydrogen) atoms. The summed E-state index contributed by atoms with van der Waals surface area (Å²) in [6.45, 7) is 0. The average Bonchev–Trinajstić information content (AvgIpc) is 3.80. The average molecular weight is 703 g/mol. The summed E-state index contributed by atoms with van der Waals surface area (Å²) in [5.41, 5.74) is 13.0. The lowest BCUT2D eigenvalue weighted by Crippen LogP contribution is -2.12. The molecule has 0 saturated carbocycles. The van der Waals surface area contributed by atoms with E-state index in [-0.39, 0.29) is 0 Å². The SMILES string of the molecule is c1cc(-c2cccc3c2oc2ccccc23)cc(N(c2ccc3ccccc3c2)c2ccccc2-c2ccccc2-n2c3ccccc3c3ccccc32)c1. The highest BCUT2D eigenvalue weighted by atomic mass is 16.3. The Morgan fingerprint density at radius 2 is 0.982 bits per heavy atom. The molecule has 0 aliphatic heterocycles. The fourth-order valence-electron chi connectivity index (χ4n) is 8.50. The molecule has 0 aliphatic rings. The smallest absolute Gasteiger partial charge is 0.143 e. The highest BCUT2D eigenvalue weighted by Gasteiger charge is 2.22. The molecule has 11 rings (SSSR count). The molecule has 0 unspecified atom stereocenters. The summed E-state index contributed by atoms with van der Waals surface area (Å²) in [7, 11) is 0. The second-order valence-electron chi connectivity index (χ2n) is 14.1. The number of nitrogens with zero attached hydrogens (tertiary/aromatic N) is 2. The lowest BCUT2D eigenvalue weighted by Gasteiger charge is -2.29. The van der Waals surface area contributed by atoms with E-state index in [0.29, 0.717) is 0 Å². The third-order valence-corrected chi connectivity index (χ3v) is 11.0. The van der Waals surface area contributed by atoms with E-state index in [1.807, 2.05) is 12.1 Å². The fraction of sp³-hybridized carbons (Fsp3) is 0. The first-order valence-corrected chi connectivity index (χ1v) is 18.8. The van der Waals surface area contributed by atoms with Crippen LogP contribution in [0.3, 0.4) is 0 Å². The number of aromatic nitrogens is 1. The molecule has 0 atom stereocenters. The van der Waals surface area contributed by atoms with Gasteiger partial charge in [0.2, 0.25) is 0 Å². The minimum absolute atomic E-state index is 0.898. The minimum atomic E-state index is 0.898. The van der Waals surface area contributed by atoms with E-state index in [4.69, 9.17) is 4.42 Å². The van der Waals surface area contributed by atoms with E-state index in [1.54, 1.807) is 0 Å². The highest BCUT2D eigenvalue weighted by molar-refractivity contribution is 6.11. The van der Waals surface area contributed by atoms with Gasteiger partial charge in [0.1, 0.15) is 11.2 Å². The number of hydrogen-bond acceptors (Lipinski definition) is 2. The Balaban J connectivity index is 1.15. The number of anilines is 3. The summed E-state index contributed by atoms with van der Waals surface area (Å²) >= 11 is 0. The van der Waals surface area contributed by atoms with Gasteiger partial charge in [0.25, 0.3) is 0 Å². The lowest BCUT2D eigenvalue weighted by molar-refractivity contribution is 0.670. The van der Waals surface area contributed by atoms with Crippen molar-refractivity contribution < 1.29 is 4.42 Å². The lowest BCUT2D eigenvalue weighted by atomic mass is 9.98. The first-order chi connectivity index (χ1) is 27.3. The summed E-state index contributed by atoms with van der Waals surface area (Å²) in [5, 5.41) is 7.14. The van der Waals surface area contributed by atoms with Gasteiger partial charge in [0.05, 0.1) is 22.4 Å². The van der Waals surface area contributed by atoms with Crippen molar-refractivity contribution in [3.63, 3.8) is 0 Å². The molecular weight excluding hydrogens is 669 g/mol. The molecule has 0 amide bonds. The van der Waals surface area contributed by atoms with Gasteiger partial charge >= 0.3 is 0 Å². The normalized spacial score (nSPS) is 11.6. The molecule has 0 spiro atoms. The zero-order valence-corrected chi connectivity index (χ0v) is 29.9. The van der Waals surface area contributed by atoms with Crippen molar-refractivity contribution in [2.24, 2.45) is 0 Å². The molecule has 0 N–H and O–H groups in total. The topological polar surface area (TPSA) is 21.3 Å². The monoisotopic (exact) mass is 702 g/mol. The van der Waals surface area contributed by atoms with Crippen LogP contribution in [0.1, 0.15) is 0 Å². The summed E-state index contributed by atoms with van der Waals surface area (Å²) in [6, 6.07) is 74.0. The van der Waals surface area contributed by atoms with E-state index in [1.165, 1.54) is 32.6 Å². The summed E-state index contributed by atoms with van der Waals surface area (Å²) in [4.78, 5) is 2.41. The van der Waals surface area contributed by atoms with E-state index < -0.39 is 0 Å². The van der Waals surface area contributed by atoms with Crippen LogP contribution >= 0.6 is 0 Å². The zero-order valence-electron chi connectivity index (χ0n) is 29.9. The minimum Gasteiger partial charge on any atom is -0.455 e. The third-order valence-electron chi connectivity index (χ3n) is 11.0. The van der Waals surface area contributed by atoms with Gasteiger partial charge in [-0.15, -0.1) is 0 Å². The number of furan rings is 1. The van der Waals surface area contributed by atoms with Crippen molar-refractivity contribution in [2.45, 2.75) is 0 Å². The Morgan fingerprint density at radius 1 is 0.382 bits per heavy atom. The van der Waals surface area contributed by atoms with E-state index in [0.717, 1.165) is 66.9 Å². The van der Waals surface area contributed by atoms with E-state index >= 15 is 0 Å². The maximum Gasteiger partial charge on any atom is 0.143 e. The predicted molar refractivity (Wildman–Crippen MR) is 231 cm³/mol. The summed E-state index contributed by atoms with van der Waals surface area (Å²) in [5.74, 6) is 0. The van der Waals surface area contributed by atoms with Crippen LogP contribution < -0.4 is 4.90 Å². The van der Waals surface area contributed by atoms with Crippen LogP contribution in [0.5, 0.6) is 0 Å². The van der Waals surface area contributed by atoms with Crippen molar-refractivity contribution in [1.29, 1.82) is 0 Å². The standard InChI is InChI=1S/C52H34N2O/c1-2-16-36-33-39(32-31-35(36)15-1)53(38-18-13-17-37(34-38)40-24-14-25-46-45-23-7-12-30-51(45)55-52(40)46)47-26-8-3-19-41(47)42-20-4-9-27-48(42)54-49-28-10-5-21-43(49)44-22-6-11-29-50(44)54/h1-34H. The number of rotatable bonds is 6. The van der Waals surface area contributed by atoms with Gasteiger partial charge in [-0.1, -0.05) is 152 Å². The van der Waals surface area contributed by atoms with Gasteiger partial charge in [-0.25, -0.2) is 0 Å². The Morgan fingerprint density at radius 3 is 1.82 bits per heavy atom. The maximum atomic E-state index is 6.53. The quantitative estimate of drug-likeness (QED) is 0.172. The Hall–Kier alpha value is -7.36. The molecule has 0 radical (unpaired) electrons. The van der Waals surface area contributed by atoms with Gasteiger partial charge in [0, 0.05) is 49.6 Å². The van der Waals surface area contributed by atoms with Crippen molar-refractivity contribution >= 4 is 71.6 Å². The highest BCUT2D eigenvalue weighted by Crippen LogP contribution is 2.45. The van der Waals surface area contributed by atoms with Crippen LogP contribution in [0.25, 0.3) is 82.5 Å². The molecule has 0 saturated heterocycles. The molecule has 258 valence electrons. The predicted octanol–water partition coefficient (Wildman–Crippen LogP) is 14.6. The molecule has 0 aliphatic carbocycles. The summed E-state index contributed by atoms with van der Waals surface area (Å²) < 4.78 is 8.95. The van der Waals surface area contributed by atoms with Crippen LogP contribution in [0, 0.1) is 0 Å². The van der Waals surface area contributed by atoms with Crippen LogP contribution in [-0.4, -0.2) is 4.57 Å². The van der Waals surface area contributed by atoms with Gasteiger partial charge in [-0.05, 0) is 70.9 Å². The van der Waals surface area contributed by atoms with Crippen LogP contribution in [0.4, 0.5) is 17.1 Å². The zero-order chi connectivity index (χ0) is 36.3. The second kappa shape index (κ2) is 12.6. The molecule has 3 heteroatoms. The number of benzene rings is 9. The van der Waals surface area contributed by atoms with Crippen molar-refractivity contribution in [3.05, 3.63) is 206 Å². The first-order valence-electron chi connectivity index (χ1n) is 18.8. The number of fused-ring (bicyclic) bond motifs is 7. The van der Waals surface area contributed by atoms with Crippen LogP contribution in [0.15, 0.2) is 211 Å². The molecule has 9 aromatic carbocycles. The van der Waals surface area contributed by atoms with Crippen LogP contribution in [0.2, 0.25) is 0 Å². The molecule has 0 fully saturated rings. The Labute approximate surface area is 318 Å². The molecule has 11 aromatic rings. The molecule has 2 heterocycles. The maximum absolute atomic E-state index is 6.53. The van der Waals surface area contributed by atoms with E-state index in [2.05, 4.69) is 204 Å². The molecule has 3 nitrogen and oxygen atoms in total. The Bertz CT molecular complexity index is 3190. The van der Waals surface area contributed by atoms with E-state index in [9.17, 15) is 0 Å². The molecular formula is C52H34N2O. The fourth-order valence-corrected chi connectivity index (χ4v) is 8.50. The van der Waals surface area contributed by atoms with Gasteiger partial charge in [-0.3, -0.25) is 0 Å². The Kier molecular flexibility index (Phi) is 7.17. The molecule has 0 bridgehead atoms.